The smallest absolute Gasteiger partial charge is 0.157 e. The third-order valence-electron chi connectivity index (χ3n) is 4.52. The number of hydrogen-bond donors (Lipinski definition) is 6. The number of nitrogens with two attached hydrogens (primary N) is 1. The number of aliphatic hydroxyl groups excluding tert-OH is 3. The molecule has 0 aliphatic carbocycles. The van der Waals surface area contributed by atoms with E-state index in [0.717, 1.165) is 11.3 Å². The van der Waals surface area contributed by atoms with E-state index in [2.05, 4.69) is 5.32 Å². The van der Waals surface area contributed by atoms with Gasteiger partial charge in [-0.25, -0.2) is 0 Å². The Kier molecular flexibility index (Phi) is 3.44. The van der Waals surface area contributed by atoms with E-state index in [9.17, 15) is 20.4 Å². The van der Waals surface area contributed by atoms with Crippen LogP contribution < -0.4 is 11.1 Å². The zero-order valence-electron chi connectivity index (χ0n) is 11.4. The maximum Gasteiger partial charge on any atom is 0.157 e. The lowest BCUT2D eigenvalue weighted by Gasteiger charge is -2.52. The molecule has 1 fully saturated rings. The molecule has 2 aliphatic heterocycles. The van der Waals surface area contributed by atoms with E-state index in [1.807, 2.05) is 24.3 Å². The number of nitrogens with one attached hydrogen (secondary N) is 1. The molecule has 1 aromatic rings. The zero-order valence-corrected chi connectivity index (χ0v) is 11.4. The average Bonchev–Trinajstić information content (AvgIpc) is 2.82. The summed E-state index contributed by atoms with van der Waals surface area (Å²) in [6, 6.07) is 7.36. The standard InChI is InChI=1S/C14H20N2O5/c15-13(5-8-3-1-2-4-9(8)16-13)14(20)11(18)7-21-10(6-17)12(14)19/h1-4,10-12,16-20H,5-7,15H2/t10-,11-,12-,13?,14+/m1/s1. The third-order valence-corrected chi connectivity index (χ3v) is 4.52. The molecule has 0 radical (unpaired) electrons. The molecule has 1 saturated heterocycles. The van der Waals surface area contributed by atoms with Crippen LogP contribution in [-0.4, -0.2) is 63.2 Å². The number of aliphatic hydroxyl groups is 4. The van der Waals surface area contributed by atoms with Gasteiger partial charge in [-0.3, -0.25) is 0 Å². The van der Waals surface area contributed by atoms with Crippen LogP contribution in [0.5, 0.6) is 0 Å². The second-order valence-corrected chi connectivity index (χ2v) is 5.77. The summed E-state index contributed by atoms with van der Waals surface area (Å²) in [6.07, 6.45) is -3.64. The van der Waals surface area contributed by atoms with E-state index in [-0.39, 0.29) is 13.0 Å². The SMILES string of the molecule is NC1([C@]2(O)[C@H](O)CO[C@H](CO)[C@H]2O)Cc2ccccc2N1. The molecule has 0 spiro atoms. The summed E-state index contributed by atoms with van der Waals surface area (Å²) < 4.78 is 5.14. The van der Waals surface area contributed by atoms with Crippen molar-refractivity contribution in [1.82, 2.24) is 0 Å². The second-order valence-electron chi connectivity index (χ2n) is 5.77. The van der Waals surface area contributed by atoms with Crippen LogP contribution in [0.3, 0.4) is 0 Å². The fraction of sp³-hybridized carbons (Fsp3) is 0.571. The molecule has 0 amide bonds. The van der Waals surface area contributed by atoms with E-state index in [1.54, 1.807) is 0 Å². The monoisotopic (exact) mass is 296 g/mol. The topological polar surface area (TPSA) is 128 Å². The molecular weight excluding hydrogens is 276 g/mol. The van der Waals surface area contributed by atoms with Crippen LogP contribution in [0.25, 0.3) is 0 Å². The molecule has 116 valence electrons. The molecule has 21 heavy (non-hydrogen) atoms. The van der Waals surface area contributed by atoms with E-state index >= 15 is 0 Å². The summed E-state index contributed by atoms with van der Waals surface area (Å²) in [4.78, 5) is 0. The van der Waals surface area contributed by atoms with Gasteiger partial charge in [0.2, 0.25) is 0 Å². The lowest BCUT2D eigenvalue weighted by molar-refractivity contribution is -0.266. The Morgan fingerprint density at radius 2 is 2.05 bits per heavy atom. The Labute approximate surface area is 122 Å². The third kappa shape index (κ3) is 1.97. The van der Waals surface area contributed by atoms with Gasteiger partial charge in [-0.15, -0.1) is 0 Å². The highest BCUT2D eigenvalue weighted by atomic mass is 16.5. The quantitative estimate of drug-likeness (QED) is 0.378. The van der Waals surface area contributed by atoms with Gasteiger partial charge in [0.05, 0.1) is 13.2 Å². The Hall–Kier alpha value is -1.22. The van der Waals surface area contributed by atoms with Crippen molar-refractivity contribution in [2.45, 2.75) is 36.0 Å². The normalized spacial score (nSPS) is 42.4. The fourth-order valence-corrected chi connectivity index (χ4v) is 3.25. The molecule has 1 aromatic carbocycles. The molecule has 2 aliphatic rings. The van der Waals surface area contributed by atoms with Crippen LogP contribution in [0.2, 0.25) is 0 Å². The van der Waals surface area contributed by atoms with Crippen molar-refractivity contribution in [3.8, 4) is 0 Å². The van der Waals surface area contributed by atoms with Gasteiger partial charge in [-0.05, 0) is 11.6 Å². The minimum Gasteiger partial charge on any atom is -0.394 e. The predicted octanol–water partition coefficient (Wildman–Crippen LogP) is -1.85. The number of ether oxygens (including phenoxy) is 1. The Morgan fingerprint density at radius 3 is 2.71 bits per heavy atom. The highest BCUT2D eigenvalue weighted by Crippen LogP contribution is 2.41. The molecule has 0 saturated carbocycles. The van der Waals surface area contributed by atoms with Crippen LogP contribution in [0.1, 0.15) is 5.56 Å². The van der Waals surface area contributed by atoms with Gasteiger partial charge in [0, 0.05) is 12.1 Å². The van der Waals surface area contributed by atoms with E-state index in [0.29, 0.717) is 0 Å². The Balaban J connectivity index is 1.97. The molecule has 7 N–H and O–H groups in total. The van der Waals surface area contributed by atoms with Crippen molar-refractivity contribution in [3.05, 3.63) is 29.8 Å². The first kappa shape index (κ1) is 14.7. The van der Waals surface area contributed by atoms with Gasteiger partial charge in [0.1, 0.15) is 24.0 Å². The van der Waals surface area contributed by atoms with Crippen LogP contribution in [0.4, 0.5) is 5.69 Å². The maximum atomic E-state index is 11.0. The minimum atomic E-state index is -2.04. The summed E-state index contributed by atoms with van der Waals surface area (Å²) in [6.45, 7) is -0.686. The van der Waals surface area contributed by atoms with E-state index in [1.165, 1.54) is 0 Å². The Morgan fingerprint density at radius 1 is 1.33 bits per heavy atom. The molecule has 7 heteroatoms. The average molecular weight is 296 g/mol. The van der Waals surface area contributed by atoms with E-state index < -0.39 is 36.2 Å². The Bertz CT molecular complexity index is 515. The summed E-state index contributed by atoms with van der Waals surface area (Å²) in [7, 11) is 0. The van der Waals surface area contributed by atoms with Gasteiger partial charge < -0.3 is 36.2 Å². The number of benzene rings is 1. The summed E-state index contributed by atoms with van der Waals surface area (Å²) in [5.74, 6) is 0. The van der Waals surface area contributed by atoms with Gasteiger partial charge in [-0.2, -0.15) is 0 Å². The lowest BCUT2D eigenvalue weighted by Crippen LogP contribution is -2.79. The summed E-state index contributed by atoms with van der Waals surface area (Å²) in [5.41, 5.74) is 4.44. The highest BCUT2D eigenvalue weighted by Gasteiger charge is 2.63. The van der Waals surface area contributed by atoms with Crippen molar-refractivity contribution in [3.63, 3.8) is 0 Å². The van der Waals surface area contributed by atoms with Gasteiger partial charge >= 0.3 is 0 Å². The molecule has 0 bridgehead atoms. The van der Waals surface area contributed by atoms with Crippen molar-refractivity contribution in [2.75, 3.05) is 18.5 Å². The summed E-state index contributed by atoms with van der Waals surface area (Å²) in [5, 5.41) is 43.7. The fourth-order valence-electron chi connectivity index (χ4n) is 3.25. The first-order valence-electron chi connectivity index (χ1n) is 6.88. The largest absolute Gasteiger partial charge is 0.394 e. The predicted molar refractivity (Wildman–Crippen MR) is 74.5 cm³/mol. The molecule has 7 nitrogen and oxygen atoms in total. The minimum absolute atomic E-state index is 0.213. The van der Waals surface area contributed by atoms with E-state index in [4.69, 9.17) is 10.5 Å². The second kappa shape index (κ2) is 4.91. The summed E-state index contributed by atoms with van der Waals surface area (Å²) >= 11 is 0. The molecule has 2 heterocycles. The van der Waals surface area contributed by atoms with Gasteiger partial charge in [0.25, 0.3) is 0 Å². The maximum absolute atomic E-state index is 11.0. The number of anilines is 1. The van der Waals surface area contributed by atoms with Crippen LogP contribution in [-0.2, 0) is 11.2 Å². The van der Waals surface area contributed by atoms with Gasteiger partial charge in [-0.1, -0.05) is 18.2 Å². The number of rotatable bonds is 2. The van der Waals surface area contributed by atoms with Gasteiger partial charge in [0.15, 0.2) is 5.60 Å². The molecule has 0 aromatic heterocycles. The first-order valence-corrected chi connectivity index (χ1v) is 6.88. The van der Waals surface area contributed by atoms with Crippen LogP contribution >= 0.6 is 0 Å². The zero-order chi connectivity index (χ0) is 15.3. The van der Waals surface area contributed by atoms with Crippen LogP contribution in [0.15, 0.2) is 24.3 Å². The van der Waals surface area contributed by atoms with Crippen molar-refractivity contribution < 1.29 is 25.2 Å². The molecular formula is C14H20N2O5. The molecule has 5 atom stereocenters. The number of fused-ring (bicyclic) bond motifs is 1. The van der Waals surface area contributed by atoms with Crippen LogP contribution in [0, 0.1) is 0 Å². The number of hydrogen-bond acceptors (Lipinski definition) is 7. The molecule has 3 rings (SSSR count). The van der Waals surface area contributed by atoms with Crippen molar-refractivity contribution in [2.24, 2.45) is 5.73 Å². The molecule has 1 unspecified atom stereocenters. The highest BCUT2D eigenvalue weighted by molar-refractivity contribution is 5.60. The first-order chi connectivity index (χ1) is 9.92. The van der Waals surface area contributed by atoms with Crippen molar-refractivity contribution >= 4 is 5.69 Å². The lowest BCUT2D eigenvalue weighted by atomic mass is 9.74. The number of para-hydroxylation sites is 1. The van der Waals surface area contributed by atoms with Crippen molar-refractivity contribution in [1.29, 1.82) is 0 Å².